The molecule has 0 saturated carbocycles. The summed E-state index contributed by atoms with van der Waals surface area (Å²) in [5.74, 6) is 6.49. The second-order valence-corrected chi connectivity index (χ2v) is 7.43. The average Bonchev–Trinajstić information content (AvgIpc) is 3.09. The predicted octanol–water partition coefficient (Wildman–Crippen LogP) is 2.86. The smallest absolute Gasteiger partial charge is 0.320 e. The summed E-state index contributed by atoms with van der Waals surface area (Å²) >= 11 is 0. The summed E-state index contributed by atoms with van der Waals surface area (Å²) in [6.45, 7) is 3.97. The van der Waals surface area contributed by atoms with Crippen LogP contribution < -0.4 is 0 Å². The van der Waals surface area contributed by atoms with Gasteiger partial charge in [0.1, 0.15) is 6.10 Å². The van der Waals surface area contributed by atoms with E-state index in [0.717, 1.165) is 49.3 Å². The molecule has 5 heteroatoms. The van der Waals surface area contributed by atoms with E-state index in [1.54, 1.807) is 0 Å². The van der Waals surface area contributed by atoms with Gasteiger partial charge in [-0.05, 0) is 31.0 Å². The van der Waals surface area contributed by atoms with E-state index >= 15 is 0 Å². The number of urea groups is 1. The van der Waals surface area contributed by atoms with Gasteiger partial charge in [-0.15, -0.1) is 0 Å². The van der Waals surface area contributed by atoms with Crippen molar-refractivity contribution in [3.63, 3.8) is 0 Å². The van der Waals surface area contributed by atoms with Crippen molar-refractivity contribution in [2.45, 2.75) is 31.5 Å². The minimum absolute atomic E-state index is 0.0509. The first-order valence-corrected chi connectivity index (χ1v) is 9.74. The molecule has 27 heavy (non-hydrogen) atoms. The second kappa shape index (κ2) is 6.79. The summed E-state index contributed by atoms with van der Waals surface area (Å²) in [6.07, 6.45) is 4.11. The molecule has 2 atom stereocenters. The molecule has 0 aliphatic carbocycles. The van der Waals surface area contributed by atoms with Crippen LogP contribution in [-0.4, -0.2) is 52.7 Å². The third-order valence-electron chi connectivity index (χ3n) is 5.76. The molecule has 1 aromatic heterocycles. The van der Waals surface area contributed by atoms with E-state index in [1.165, 1.54) is 0 Å². The van der Waals surface area contributed by atoms with Crippen molar-refractivity contribution in [2.75, 3.05) is 26.2 Å². The molecule has 0 N–H and O–H groups in total. The Balaban J connectivity index is 1.39. The molecular weight excluding hydrogens is 338 g/mol. The van der Waals surface area contributed by atoms with Crippen LogP contribution in [0.2, 0.25) is 0 Å². The lowest BCUT2D eigenvalue weighted by atomic mass is 9.97. The number of hydrogen-bond donors (Lipinski definition) is 0. The number of carbonyl (C=O) groups excluding carboxylic acids is 1. The van der Waals surface area contributed by atoms with Gasteiger partial charge in [-0.1, -0.05) is 30.0 Å². The Morgan fingerprint density at radius 3 is 2.63 bits per heavy atom. The Labute approximate surface area is 159 Å². The number of aromatic nitrogens is 1. The van der Waals surface area contributed by atoms with Crippen molar-refractivity contribution in [2.24, 2.45) is 0 Å². The maximum Gasteiger partial charge on any atom is 0.320 e. The maximum absolute atomic E-state index is 12.8. The van der Waals surface area contributed by atoms with Crippen molar-refractivity contribution < 1.29 is 9.53 Å². The molecule has 0 radical (unpaired) electrons. The fourth-order valence-electron chi connectivity index (χ4n) is 4.20. The van der Waals surface area contributed by atoms with Crippen LogP contribution in [0.4, 0.5) is 4.79 Å². The lowest BCUT2D eigenvalue weighted by Gasteiger charge is -2.47. The molecule has 0 bridgehead atoms. The number of amides is 2. The van der Waals surface area contributed by atoms with Crippen LogP contribution in [-0.2, 0) is 11.3 Å². The molecule has 0 spiro atoms. The zero-order valence-corrected chi connectivity index (χ0v) is 15.3. The van der Waals surface area contributed by atoms with Crippen molar-refractivity contribution in [3.05, 3.63) is 59.4 Å². The predicted molar refractivity (Wildman–Crippen MR) is 102 cm³/mol. The largest absolute Gasteiger partial charge is 0.368 e. The van der Waals surface area contributed by atoms with Crippen LogP contribution in [0.25, 0.3) is 0 Å². The Morgan fingerprint density at radius 1 is 1.04 bits per heavy atom. The first-order chi connectivity index (χ1) is 13.3. The van der Waals surface area contributed by atoms with Gasteiger partial charge in [0, 0.05) is 43.5 Å². The molecule has 2 amide bonds. The van der Waals surface area contributed by atoms with Crippen LogP contribution in [0.5, 0.6) is 0 Å². The van der Waals surface area contributed by atoms with Crippen molar-refractivity contribution >= 4 is 6.03 Å². The Morgan fingerprint density at radius 2 is 1.85 bits per heavy atom. The minimum Gasteiger partial charge on any atom is -0.368 e. The van der Waals surface area contributed by atoms with Crippen molar-refractivity contribution in [1.29, 1.82) is 0 Å². The van der Waals surface area contributed by atoms with E-state index in [4.69, 9.17) is 4.74 Å². The number of aryl methyl sites for hydroxylation is 1. The molecule has 2 saturated heterocycles. The topological polar surface area (TPSA) is 37.7 Å². The lowest BCUT2D eigenvalue weighted by molar-refractivity contribution is -0.0767. The maximum atomic E-state index is 12.8. The first-order valence-electron chi connectivity index (χ1n) is 9.74. The van der Waals surface area contributed by atoms with Gasteiger partial charge in [0.2, 0.25) is 0 Å². The number of hydrogen-bond acceptors (Lipinski definition) is 2. The van der Waals surface area contributed by atoms with Gasteiger partial charge in [0.05, 0.1) is 18.3 Å². The number of rotatable bonds is 0. The van der Waals surface area contributed by atoms with E-state index in [-0.39, 0.29) is 18.2 Å². The summed E-state index contributed by atoms with van der Waals surface area (Å²) in [5.41, 5.74) is 3.16. The Hall–Kier alpha value is -2.71. The van der Waals surface area contributed by atoms with Crippen LogP contribution in [0.1, 0.15) is 35.8 Å². The number of fused-ring (bicyclic) bond motifs is 3. The van der Waals surface area contributed by atoms with Gasteiger partial charge in [0.15, 0.2) is 0 Å². The van der Waals surface area contributed by atoms with Crippen molar-refractivity contribution in [3.8, 4) is 11.8 Å². The average molecular weight is 361 g/mol. The molecule has 138 valence electrons. The van der Waals surface area contributed by atoms with Gasteiger partial charge in [-0.25, -0.2) is 4.79 Å². The highest BCUT2D eigenvalue weighted by Gasteiger charge is 2.41. The molecule has 3 aliphatic rings. The number of ether oxygens (including phenoxy) is 1. The van der Waals surface area contributed by atoms with Crippen LogP contribution in [0.3, 0.4) is 0 Å². The van der Waals surface area contributed by atoms with Crippen LogP contribution in [0.15, 0.2) is 42.6 Å². The number of morpholine rings is 1. The van der Waals surface area contributed by atoms with Crippen LogP contribution in [0, 0.1) is 11.8 Å². The fraction of sp³-hybridized carbons (Fsp3) is 0.409. The standard InChI is InChI=1S/C22H23N3O2/c26-22(23-10-4-11-23)25-13-14-27-21-19(25)9-12-24-16-18(15-20(21)24)8-7-17-5-2-1-3-6-17/h1-3,5-6,15-16,19,21H,4,9-14H2/t19-,21-/m0/s1. The molecule has 2 aromatic rings. The molecule has 0 unspecified atom stereocenters. The number of nitrogens with zero attached hydrogens (tertiary/aromatic N) is 3. The Bertz CT molecular complexity index is 905. The van der Waals surface area contributed by atoms with Crippen molar-refractivity contribution in [1.82, 2.24) is 14.4 Å². The zero-order chi connectivity index (χ0) is 18.2. The van der Waals surface area contributed by atoms with E-state index in [9.17, 15) is 4.79 Å². The van der Waals surface area contributed by atoms with Gasteiger partial charge in [-0.3, -0.25) is 0 Å². The minimum atomic E-state index is -0.0509. The summed E-state index contributed by atoms with van der Waals surface area (Å²) in [6, 6.07) is 12.5. The third-order valence-corrected chi connectivity index (χ3v) is 5.76. The number of likely N-dealkylation sites (tertiary alicyclic amines) is 1. The van der Waals surface area contributed by atoms with E-state index in [1.807, 2.05) is 40.1 Å². The highest BCUT2D eigenvalue weighted by molar-refractivity contribution is 5.75. The zero-order valence-electron chi connectivity index (χ0n) is 15.3. The summed E-state index contributed by atoms with van der Waals surface area (Å²) in [4.78, 5) is 16.8. The Kier molecular flexibility index (Phi) is 4.14. The molecule has 1 aromatic carbocycles. The summed E-state index contributed by atoms with van der Waals surface area (Å²) in [7, 11) is 0. The summed E-state index contributed by atoms with van der Waals surface area (Å²) < 4.78 is 8.36. The summed E-state index contributed by atoms with van der Waals surface area (Å²) in [5, 5.41) is 0. The van der Waals surface area contributed by atoms with E-state index < -0.39 is 0 Å². The highest BCUT2D eigenvalue weighted by Crippen LogP contribution is 2.36. The van der Waals surface area contributed by atoms with Gasteiger partial charge in [0.25, 0.3) is 0 Å². The lowest BCUT2D eigenvalue weighted by Crippen LogP contribution is -2.58. The molecule has 5 rings (SSSR count). The fourth-order valence-corrected chi connectivity index (χ4v) is 4.20. The van der Waals surface area contributed by atoms with Crippen LogP contribution >= 0.6 is 0 Å². The van der Waals surface area contributed by atoms with Gasteiger partial charge >= 0.3 is 6.03 Å². The second-order valence-electron chi connectivity index (χ2n) is 7.43. The van der Waals surface area contributed by atoms with E-state index in [0.29, 0.717) is 13.2 Å². The first kappa shape index (κ1) is 16.5. The normalized spacial score (nSPS) is 23.6. The molecule has 4 heterocycles. The van der Waals surface area contributed by atoms with Gasteiger partial charge in [-0.2, -0.15) is 0 Å². The highest BCUT2D eigenvalue weighted by atomic mass is 16.5. The monoisotopic (exact) mass is 361 g/mol. The quantitative estimate of drug-likeness (QED) is 0.677. The van der Waals surface area contributed by atoms with Gasteiger partial charge < -0.3 is 19.1 Å². The number of carbonyl (C=O) groups is 1. The molecule has 5 nitrogen and oxygen atoms in total. The number of benzene rings is 1. The van der Waals surface area contributed by atoms with E-state index in [2.05, 4.69) is 28.7 Å². The molecule has 3 aliphatic heterocycles. The molecular formula is C22H23N3O2. The SMILES string of the molecule is O=C(N1CCC1)N1CCO[C@@H]2c3cc(C#Cc4ccccc4)cn3CC[C@@H]21. The third kappa shape index (κ3) is 3.00. The molecule has 2 fully saturated rings.